The van der Waals surface area contributed by atoms with Crippen molar-refractivity contribution in [2.24, 2.45) is 0 Å². The fourth-order valence-corrected chi connectivity index (χ4v) is 3.32. The number of aryl methyl sites for hydroxylation is 1. The zero-order valence-electron chi connectivity index (χ0n) is 14.3. The highest BCUT2D eigenvalue weighted by Crippen LogP contribution is 2.19. The molecule has 6 nitrogen and oxygen atoms in total. The Balaban J connectivity index is 1.87. The van der Waals surface area contributed by atoms with Gasteiger partial charge >= 0.3 is 5.97 Å². The Kier molecular flexibility index (Phi) is 6.03. The molecule has 25 heavy (non-hydrogen) atoms. The maximum absolute atomic E-state index is 12.2. The monoisotopic (exact) mass is 361 g/mol. The summed E-state index contributed by atoms with van der Waals surface area (Å²) in [6, 6.07) is 3.47. The van der Waals surface area contributed by atoms with Crippen molar-refractivity contribution in [2.45, 2.75) is 33.6 Å². The molecule has 0 aromatic carbocycles. The Hall–Kier alpha value is -2.54. The summed E-state index contributed by atoms with van der Waals surface area (Å²) >= 11 is 1.32. The molecule has 0 bridgehead atoms. The van der Waals surface area contributed by atoms with Crippen molar-refractivity contribution in [3.8, 4) is 0 Å². The van der Waals surface area contributed by atoms with Gasteiger partial charge in [-0.3, -0.25) is 19.2 Å². The number of hydrogen-bond acceptors (Lipinski definition) is 6. The van der Waals surface area contributed by atoms with Crippen molar-refractivity contribution in [1.82, 2.24) is 4.98 Å². The second kappa shape index (κ2) is 8.02. The number of rotatable bonds is 8. The summed E-state index contributed by atoms with van der Waals surface area (Å²) in [5.41, 5.74) is 1.92. The molecule has 0 spiro atoms. The molecule has 132 valence electrons. The summed E-state index contributed by atoms with van der Waals surface area (Å²) in [6.07, 6.45) is -0.0336. The molecule has 0 saturated carbocycles. The predicted octanol–water partition coefficient (Wildman–Crippen LogP) is 3.28. The molecule has 0 atom stereocenters. The number of ether oxygens (including phenoxy) is 1. The smallest absolute Gasteiger partial charge is 0.306 e. The molecule has 7 heteroatoms. The minimum absolute atomic E-state index is 0.0443. The maximum atomic E-state index is 12.2. The molecule has 0 aliphatic carbocycles. The van der Waals surface area contributed by atoms with Crippen LogP contribution in [0, 0.1) is 13.8 Å². The number of H-pyrrole nitrogens is 1. The van der Waals surface area contributed by atoms with Gasteiger partial charge in [0.25, 0.3) is 0 Å². The molecule has 0 saturated heterocycles. The lowest BCUT2D eigenvalue weighted by Gasteiger charge is -2.04. The summed E-state index contributed by atoms with van der Waals surface area (Å²) in [4.78, 5) is 50.8. The zero-order chi connectivity index (χ0) is 18.6. The molecule has 0 radical (unpaired) electrons. The fourth-order valence-electron chi connectivity index (χ4n) is 2.62. The zero-order valence-corrected chi connectivity index (χ0v) is 15.1. The van der Waals surface area contributed by atoms with Crippen molar-refractivity contribution in [1.29, 1.82) is 0 Å². The quantitative estimate of drug-likeness (QED) is 0.575. The molecule has 2 aromatic rings. The van der Waals surface area contributed by atoms with Gasteiger partial charge in [-0.15, -0.1) is 11.3 Å². The number of hydrogen-bond donors (Lipinski definition) is 1. The number of aromatic nitrogens is 1. The Morgan fingerprint density at radius 3 is 2.40 bits per heavy atom. The van der Waals surface area contributed by atoms with Crippen LogP contribution in [-0.2, 0) is 9.53 Å². The Bertz CT molecular complexity index is 817. The van der Waals surface area contributed by atoms with E-state index in [1.54, 1.807) is 31.4 Å². The van der Waals surface area contributed by atoms with Crippen molar-refractivity contribution >= 4 is 34.7 Å². The number of esters is 1. The molecule has 2 rings (SSSR count). The van der Waals surface area contributed by atoms with Crippen LogP contribution >= 0.6 is 11.3 Å². The normalized spacial score (nSPS) is 10.5. The van der Waals surface area contributed by atoms with E-state index < -0.39 is 18.4 Å². The van der Waals surface area contributed by atoms with Crippen molar-refractivity contribution in [2.75, 3.05) is 6.61 Å². The second-order valence-corrected chi connectivity index (χ2v) is 6.61. The number of aromatic amines is 1. The highest BCUT2D eigenvalue weighted by atomic mass is 32.1. The largest absolute Gasteiger partial charge is 0.457 e. The number of nitrogens with one attached hydrogen (secondary N) is 1. The number of carbonyl (C=O) groups excluding carboxylic acids is 4. The summed E-state index contributed by atoms with van der Waals surface area (Å²) in [6.45, 7) is 4.39. The first-order valence-electron chi connectivity index (χ1n) is 7.77. The van der Waals surface area contributed by atoms with Crippen LogP contribution in [0.4, 0.5) is 0 Å². The van der Waals surface area contributed by atoms with Gasteiger partial charge in [0.1, 0.15) is 0 Å². The van der Waals surface area contributed by atoms with Gasteiger partial charge in [0.05, 0.1) is 17.0 Å². The van der Waals surface area contributed by atoms with E-state index in [1.807, 2.05) is 0 Å². The van der Waals surface area contributed by atoms with Crippen LogP contribution in [0.5, 0.6) is 0 Å². The maximum Gasteiger partial charge on any atom is 0.306 e. The van der Waals surface area contributed by atoms with Crippen molar-refractivity contribution in [3.63, 3.8) is 0 Å². The predicted molar refractivity (Wildman–Crippen MR) is 93.4 cm³/mol. The van der Waals surface area contributed by atoms with Crippen LogP contribution in [0.1, 0.15) is 61.5 Å². The average molecular weight is 361 g/mol. The minimum atomic E-state index is -0.606. The first-order chi connectivity index (χ1) is 11.8. The van der Waals surface area contributed by atoms with Crippen LogP contribution in [0.15, 0.2) is 17.5 Å². The Morgan fingerprint density at radius 1 is 1.12 bits per heavy atom. The molecular formula is C18H19NO5S. The van der Waals surface area contributed by atoms with Gasteiger partial charge in [-0.25, -0.2) is 0 Å². The standard InChI is InChI=1S/C18H19NO5S/c1-10-17(12(3)20)11(2)19-18(10)14(22)9-24-16(23)7-6-13(21)15-5-4-8-25-15/h4-5,8,19H,6-7,9H2,1-3H3. The molecule has 1 N–H and O–H groups in total. The molecule has 0 aliphatic rings. The van der Waals surface area contributed by atoms with Crippen molar-refractivity contribution in [3.05, 3.63) is 44.9 Å². The summed E-state index contributed by atoms with van der Waals surface area (Å²) < 4.78 is 4.95. The molecule has 2 aromatic heterocycles. The molecule has 0 amide bonds. The lowest BCUT2D eigenvalue weighted by atomic mass is 10.1. The van der Waals surface area contributed by atoms with E-state index in [9.17, 15) is 19.2 Å². The Labute approximate surface area is 149 Å². The van der Waals surface area contributed by atoms with Crippen LogP contribution in [0.2, 0.25) is 0 Å². The van der Waals surface area contributed by atoms with Gasteiger partial charge in [0.15, 0.2) is 18.2 Å². The van der Waals surface area contributed by atoms with E-state index in [2.05, 4.69) is 4.98 Å². The second-order valence-electron chi connectivity index (χ2n) is 5.67. The third kappa shape index (κ3) is 4.51. The van der Waals surface area contributed by atoms with Gasteiger partial charge < -0.3 is 9.72 Å². The number of Topliss-reactive ketones (excluding diaryl/α,β-unsaturated/α-hetero) is 3. The molecule has 0 aliphatic heterocycles. The minimum Gasteiger partial charge on any atom is -0.457 e. The van der Waals surface area contributed by atoms with Gasteiger partial charge in [-0.1, -0.05) is 6.07 Å². The van der Waals surface area contributed by atoms with Crippen LogP contribution in [-0.4, -0.2) is 34.9 Å². The first-order valence-corrected chi connectivity index (χ1v) is 8.64. The van der Waals surface area contributed by atoms with E-state index >= 15 is 0 Å². The lowest BCUT2D eigenvalue weighted by Crippen LogP contribution is -2.16. The van der Waals surface area contributed by atoms with Crippen LogP contribution in [0.3, 0.4) is 0 Å². The number of carbonyl (C=O) groups is 4. The van der Waals surface area contributed by atoms with E-state index in [1.165, 1.54) is 18.3 Å². The van der Waals surface area contributed by atoms with E-state index in [0.29, 0.717) is 21.7 Å². The first kappa shape index (κ1) is 18.8. The van der Waals surface area contributed by atoms with Gasteiger partial charge in [-0.2, -0.15) is 0 Å². The molecule has 0 unspecified atom stereocenters. The van der Waals surface area contributed by atoms with E-state index in [-0.39, 0.29) is 30.1 Å². The van der Waals surface area contributed by atoms with E-state index in [4.69, 9.17) is 4.74 Å². The van der Waals surface area contributed by atoms with Crippen LogP contribution in [0.25, 0.3) is 0 Å². The topological polar surface area (TPSA) is 93.3 Å². The van der Waals surface area contributed by atoms with E-state index in [0.717, 1.165) is 0 Å². The fraction of sp³-hybridized carbons (Fsp3) is 0.333. The third-order valence-electron chi connectivity index (χ3n) is 3.78. The summed E-state index contributed by atoms with van der Waals surface area (Å²) in [5.74, 6) is -1.27. The van der Waals surface area contributed by atoms with Gasteiger partial charge in [-0.05, 0) is 37.8 Å². The highest BCUT2D eigenvalue weighted by Gasteiger charge is 2.21. The SMILES string of the molecule is CC(=O)c1c(C)[nH]c(C(=O)COC(=O)CCC(=O)c2cccs2)c1C. The molecular weight excluding hydrogens is 342 g/mol. The number of thiophene rings is 1. The Morgan fingerprint density at radius 2 is 1.84 bits per heavy atom. The van der Waals surface area contributed by atoms with Crippen molar-refractivity contribution < 1.29 is 23.9 Å². The lowest BCUT2D eigenvalue weighted by molar-refractivity contribution is -0.142. The molecule has 2 heterocycles. The summed E-state index contributed by atoms with van der Waals surface area (Å²) in [7, 11) is 0. The van der Waals surface area contributed by atoms with Crippen LogP contribution < -0.4 is 0 Å². The number of ketones is 3. The van der Waals surface area contributed by atoms with Gasteiger partial charge in [0.2, 0.25) is 5.78 Å². The summed E-state index contributed by atoms with van der Waals surface area (Å²) in [5, 5.41) is 1.79. The third-order valence-corrected chi connectivity index (χ3v) is 4.70. The molecule has 0 fully saturated rings. The van der Waals surface area contributed by atoms with Gasteiger partial charge in [0, 0.05) is 17.7 Å². The highest BCUT2D eigenvalue weighted by molar-refractivity contribution is 7.12. The average Bonchev–Trinajstić information content (AvgIpc) is 3.18.